The third-order valence-electron chi connectivity index (χ3n) is 3.74. The van der Waals surface area contributed by atoms with Crippen LogP contribution in [-0.2, 0) is 4.79 Å². The SMILES string of the molecule is COc1cc(Br)ccc1C(=O)N1C[C@@H](C(F)(F)F)[C@H](C(=O)O)C1. The normalized spacial score (nSPS) is 21.3. The molecule has 1 fully saturated rings. The third-order valence-corrected chi connectivity index (χ3v) is 4.23. The summed E-state index contributed by atoms with van der Waals surface area (Å²) in [6.07, 6.45) is -4.68. The van der Waals surface area contributed by atoms with Gasteiger partial charge in [0.2, 0.25) is 0 Å². The lowest BCUT2D eigenvalue weighted by Gasteiger charge is -2.19. The van der Waals surface area contributed by atoms with Gasteiger partial charge >= 0.3 is 12.1 Å². The number of ether oxygens (including phenoxy) is 1. The van der Waals surface area contributed by atoms with E-state index in [2.05, 4.69) is 15.9 Å². The molecule has 2 atom stereocenters. The lowest BCUT2D eigenvalue weighted by molar-refractivity contribution is -0.187. The van der Waals surface area contributed by atoms with Crippen LogP contribution in [0.1, 0.15) is 10.4 Å². The van der Waals surface area contributed by atoms with Crippen LogP contribution in [0.3, 0.4) is 0 Å². The van der Waals surface area contributed by atoms with Crippen LogP contribution in [-0.4, -0.2) is 48.3 Å². The van der Waals surface area contributed by atoms with Gasteiger partial charge in [-0.25, -0.2) is 0 Å². The van der Waals surface area contributed by atoms with Gasteiger partial charge in [-0.15, -0.1) is 0 Å². The minimum absolute atomic E-state index is 0.0858. The molecule has 0 aliphatic carbocycles. The van der Waals surface area contributed by atoms with Crippen molar-refractivity contribution in [2.24, 2.45) is 11.8 Å². The summed E-state index contributed by atoms with van der Waals surface area (Å²) >= 11 is 3.20. The molecule has 1 amide bonds. The highest BCUT2D eigenvalue weighted by molar-refractivity contribution is 9.10. The molecular weight excluding hydrogens is 383 g/mol. The van der Waals surface area contributed by atoms with Crippen LogP contribution in [0.2, 0.25) is 0 Å². The van der Waals surface area contributed by atoms with E-state index in [-0.39, 0.29) is 11.3 Å². The Kier molecular flexibility index (Phi) is 4.88. The summed E-state index contributed by atoms with van der Waals surface area (Å²) in [5.74, 6) is -5.80. The number of carbonyl (C=O) groups excluding carboxylic acids is 1. The van der Waals surface area contributed by atoms with E-state index < -0.39 is 43.0 Å². The first kappa shape index (κ1) is 17.6. The number of methoxy groups -OCH3 is 1. The molecule has 1 aliphatic heterocycles. The Balaban J connectivity index is 2.29. The number of hydrogen-bond donors (Lipinski definition) is 1. The Bertz CT molecular complexity index is 635. The monoisotopic (exact) mass is 395 g/mol. The van der Waals surface area contributed by atoms with E-state index in [9.17, 15) is 22.8 Å². The number of carboxylic acids is 1. The summed E-state index contributed by atoms with van der Waals surface area (Å²) in [7, 11) is 1.33. The standard InChI is InChI=1S/C14H13BrF3NO4/c1-23-11-4-7(15)2-3-8(11)12(20)19-5-9(13(21)22)10(6-19)14(16,17)18/h2-4,9-10H,5-6H2,1H3,(H,21,22)/t9-,10-/m1/s1. The third kappa shape index (κ3) is 3.60. The molecule has 0 bridgehead atoms. The lowest BCUT2D eigenvalue weighted by Crippen LogP contribution is -2.34. The Hall–Kier alpha value is -1.77. The summed E-state index contributed by atoms with van der Waals surface area (Å²) in [6, 6.07) is 4.49. The van der Waals surface area contributed by atoms with Crippen LogP contribution in [0, 0.1) is 11.8 Å². The number of rotatable bonds is 3. The van der Waals surface area contributed by atoms with Gasteiger partial charge < -0.3 is 14.7 Å². The van der Waals surface area contributed by atoms with Crippen molar-refractivity contribution < 1.29 is 32.6 Å². The van der Waals surface area contributed by atoms with Crippen LogP contribution in [0.4, 0.5) is 13.2 Å². The fourth-order valence-corrected chi connectivity index (χ4v) is 2.90. The average molecular weight is 396 g/mol. The molecule has 1 N–H and O–H groups in total. The Morgan fingerprint density at radius 2 is 2.00 bits per heavy atom. The van der Waals surface area contributed by atoms with Crippen molar-refractivity contribution in [2.45, 2.75) is 6.18 Å². The molecule has 0 unspecified atom stereocenters. The van der Waals surface area contributed by atoms with E-state index in [0.717, 1.165) is 4.90 Å². The minimum atomic E-state index is -4.68. The van der Waals surface area contributed by atoms with Gasteiger partial charge in [-0.3, -0.25) is 9.59 Å². The largest absolute Gasteiger partial charge is 0.496 e. The Labute approximate surface area is 138 Å². The molecule has 9 heteroatoms. The first-order valence-corrected chi connectivity index (χ1v) is 7.36. The van der Waals surface area contributed by atoms with Crippen LogP contribution < -0.4 is 4.74 Å². The molecule has 23 heavy (non-hydrogen) atoms. The Morgan fingerprint density at radius 3 is 2.48 bits per heavy atom. The molecule has 0 saturated carbocycles. The number of hydrogen-bond acceptors (Lipinski definition) is 3. The number of alkyl halides is 3. The number of likely N-dealkylation sites (tertiary alicyclic amines) is 1. The van der Waals surface area contributed by atoms with E-state index in [1.165, 1.54) is 19.2 Å². The van der Waals surface area contributed by atoms with Crippen molar-refractivity contribution >= 4 is 27.8 Å². The zero-order valence-electron chi connectivity index (χ0n) is 11.9. The van der Waals surface area contributed by atoms with Crippen LogP contribution in [0.5, 0.6) is 5.75 Å². The molecule has 5 nitrogen and oxygen atoms in total. The van der Waals surface area contributed by atoms with Crippen LogP contribution >= 0.6 is 15.9 Å². The highest BCUT2D eigenvalue weighted by Crippen LogP contribution is 2.38. The molecule has 1 aromatic rings. The fourth-order valence-electron chi connectivity index (χ4n) is 2.56. The minimum Gasteiger partial charge on any atom is -0.496 e. The number of carboxylic acid groups (broad SMARTS) is 1. The van der Waals surface area contributed by atoms with Gasteiger partial charge in [0.05, 0.1) is 24.5 Å². The topological polar surface area (TPSA) is 66.8 Å². The molecule has 0 aromatic heterocycles. The molecule has 1 aliphatic rings. The number of amides is 1. The van der Waals surface area contributed by atoms with E-state index in [1.54, 1.807) is 6.07 Å². The average Bonchev–Trinajstić information content (AvgIpc) is 2.92. The first-order valence-electron chi connectivity index (χ1n) is 6.57. The number of nitrogens with zero attached hydrogens (tertiary/aromatic N) is 1. The number of halogens is 4. The second-order valence-electron chi connectivity index (χ2n) is 5.15. The molecule has 0 radical (unpaired) electrons. The fraction of sp³-hybridized carbons (Fsp3) is 0.429. The van der Waals surface area contributed by atoms with Gasteiger partial charge in [0.15, 0.2) is 0 Å². The van der Waals surface area contributed by atoms with Crippen LogP contribution in [0.15, 0.2) is 22.7 Å². The molecule has 1 aromatic carbocycles. The summed E-state index contributed by atoms with van der Waals surface area (Å²) in [4.78, 5) is 24.4. The van der Waals surface area contributed by atoms with Gasteiger partial charge in [0.25, 0.3) is 5.91 Å². The van der Waals surface area contributed by atoms with E-state index >= 15 is 0 Å². The van der Waals surface area contributed by atoms with E-state index in [1.807, 2.05) is 0 Å². The van der Waals surface area contributed by atoms with Gasteiger partial charge in [-0.05, 0) is 18.2 Å². The number of aliphatic carboxylic acids is 1. The van der Waals surface area contributed by atoms with Gasteiger partial charge in [-0.1, -0.05) is 15.9 Å². The molecule has 1 heterocycles. The quantitative estimate of drug-likeness (QED) is 0.854. The van der Waals surface area contributed by atoms with Crippen molar-refractivity contribution in [1.82, 2.24) is 4.90 Å². The first-order chi connectivity index (χ1) is 10.6. The zero-order chi connectivity index (χ0) is 17.4. The second-order valence-corrected chi connectivity index (χ2v) is 6.06. The van der Waals surface area contributed by atoms with Gasteiger partial charge in [-0.2, -0.15) is 13.2 Å². The maximum Gasteiger partial charge on any atom is 0.394 e. The van der Waals surface area contributed by atoms with Crippen molar-refractivity contribution in [3.8, 4) is 5.75 Å². The van der Waals surface area contributed by atoms with E-state index in [4.69, 9.17) is 9.84 Å². The lowest BCUT2D eigenvalue weighted by atomic mass is 9.96. The number of benzene rings is 1. The summed E-state index contributed by atoms with van der Waals surface area (Å²) in [6.45, 7) is -1.17. The van der Waals surface area contributed by atoms with E-state index in [0.29, 0.717) is 4.47 Å². The summed E-state index contributed by atoms with van der Waals surface area (Å²) in [5, 5.41) is 8.99. The second kappa shape index (κ2) is 6.38. The smallest absolute Gasteiger partial charge is 0.394 e. The zero-order valence-corrected chi connectivity index (χ0v) is 13.5. The van der Waals surface area contributed by atoms with Crippen molar-refractivity contribution in [1.29, 1.82) is 0 Å². The predicted octanol–water partition coefficient (Wildman–Crippen LogP) is 2.79. The molecule has 126 valence electrons. The highest BCUT2D eigenvalue weighted by Gasteiger charge is 2.53. The maximum atomic E-state index is 13.0. The maximum absolute atomic E-state index is 13.0. The van der Waals surface area contributed by atoms with Crippen molar-refractivity contribution in [3.63, 3.8) is 0 Å². The van der Waals surface area contributed by atoms with Gasteiger partial charge in [0.1, 0.15) is 5.75 Å². The van der Waals surface area contributed by atoms with Crippen molar-refractivity contribution in [3.05, 3.63) is 28.2 Å². The summed E-state index contributed by atoms with van der Waals surface area (Å²) in [5.41, 5.74) is 0.0858. The highest BCUT2D eigenvalue weighted by atomic mass is 79.9. The van der Waals surface area contributed by atoms with Gasteiger partial charge in [0, 0.05) is 17.6 Å². The Morgan fingerprint density at radius 1 is 1.35 bits per heavy atom. The molecule has 1 saturated heterocycles. The predicted molar refractivity (Wildman–Crippen MR) is 77.3 cm³/mol. The van der Waals surface area contributed by atoms with Crippen molar-refractivity contribution in [2.75, 3.05) is 20.2 Å². The van der Waals surface area contributed by atoms with Crippen LogP contribution in [0.25, 0.3) is 0 Å². The summed E-state index contributed by atoms with van der Waals surface area (Å²) < 4.78 is 44.6. The molecule has 0 spiro atoms. The molecular formula is C14H13BrF3NO4. The molecule has 2 rings (SSSR count). The number of carbonyl (C=O) groups is 2.